The second kappa shape index (κ2) is 11.3. The maximum absolute atomic E-state index is 10.1. The number of pyridine rings is 1. The van der Waals surface area contributed by atoms with E-state index >= 15 is 0 Å². The van der Waals surface area contributed by atoms with Gasteiger partial charge >= 0.3 is 5.97 Å². The average molecular weight is 557 g/mol. The van der Waals surface area contributed by atoms with Crippen molar-refractivity contribution in [1.29, 1.82) is 0 Å². The molecule has 7 heteroatoms. The molecule has 2 heterocycles. The number of aromatic nitrogens is 3. The minimum Gasteiger partial charge on any atom is -0.516 e. The molecular weight excluding hydrogens is 534 g/mol. The maximum atomic E-state index is 10.1. The smallest absolute Gasteiger partial charge is 0.354 e. The number of nitrogens with zero attached hydrogens (tertiary/aromatic N) is 3. The number of hydrogen-bond donors (Lipinski definition) is 1. The van der Waals surface area contributed by atoms with E-state index in [1.807, 2.05) is 25.1 Å². The quantitative estimate of drug-likeness (QED) is 0.486. The molecule has 0 aliphatic carbocycles. The predicted octanol–water partition coefficient (Wildman–Crippen LogP) is 4.16. The Morgan fingerprint density at radius 1 is 1.21 bits per heavy atom. The molecule has 0 aliphatic heterocycles. The van der Waals surface area contributed by atoms with Gasteiger partial charge in [0.25, 0.3) is 0 Å². The van der Waals surface area contributed by atoms with Crippen LogP contribution in [0.4, 0.5) is 0 Å². The van der Waals surface area contributed by atoms with Gasteiger partial charge in [-0.25, -0.2) is 9.78 Å². The molecule has 0 unspecified atom stereocenters. The van der Waals surface area contributed by atoms with Gasteiger partial charge in [-0.2, -0.15) is 0 Å². The summed E-state index contributed by atoms with van der Waals surface area (Å²) in [6.07, 6.45) is 3.23. The molecule has 28 heavy (non-hydrogen) atoms. The van der Waals surface area contributed by atoms with E-state index in [2.05, 4.69) is 34.9 Å². The fraction of sp³-hybridized carbons (Fsp3) is 0.238. The number of carboxylic acid groups (broad SMARTS) is 1. The van der Waals surface area contributed by atoms with Crippen molar-refractivity contribution in [3.05, 3.63) is 71.9 Å². The van der Waals surface area contributed by atoms with Gasteiger partial charge in [0.2, 0.25) is 0 Å². The first kappa shape index (κ1) is 23.4. The third-order valence-corrected chi connectivity index (χ3v) is 3.61. The summed E-state index contributed by atoms with van der Waals surface area (Å²) in [5.41, 5.74) is 3.82. The molecule has 0 fully saturated rings. The largest absolute Gasteiger partial charge is 0.516 e. The first-order valence-corrected chi connectivity index (χ1v) is 8.46. The molecular formula is C21H22IrN3O3-. The first-order chi connectivity index (χ1) is 12.9. The van der Waals surface area contributed by atoms with Gasteiger partial charge in [-0.1, -0.05) is 19.9 Å². The van der Waals surface area contributed by atoms with Crippen LogP contribution in [0, 0.1) is 13.0 Å². The Labute approximate surface area is 178 Å². The van der Waals surface area contributed by atoms with Crippen molar-refractivity contribution in [1.82, 2.24) is 15.0 Å². The number of ether oxygens (including phenoxy) is 1. The Kier molecular flexibility index (Phi) is 9.42. The monoisotopic (exact) mass is 557 g/mol. The molecule has 0 bridgehead atoms. The zero-order chi connectivity index (χ0) is 19.8. The van der Waals surface area contributed by atoms with Crippen LogP contribution < -0.4 is 4.74 Å². The third kappa shape index (κ3) is 6.51. The molecule has 3 rings (SSSR count). The summed E-state index contributed by atoms with van der Waals surface area (Å²) in [7, 11) is 1.66. The van der Waals surface area contributed by atoms with E-state index in [1.165, 1.54) is 12.3 Å². The van der Waals surface area contributed by atoms with Crippen LogP contribution in [0.5, 0.6) is 5.75 Å². The van der Waals surface area contributed by atoms with Crippen LogP contribution in [-0.4, -0.2) is 33.1 Å². The Morgan fingerprint density at radius 3 is 2.50 bits per heavy atom. The molecule has 1 aromatic carbocycles. The van der Waals surface area contributed by atoms with Crippen molar-refractivity contribution in [2.75, 3.05) is 7.11 Å². The maximum Gasteiger partial charge on any atom is 0.354 e. The summed E-state index contributed by atoms with van der Waals surface area (Å²) >= 11 is 0. The van der Waals surface area contributed by atoms with Gasteiger partial charge in [0.05, 0.1) is 12.8 Å². The minimum absolute atomic E-state index is 0. The van der Waals surface area contributed by atoms with Crippen molar-refractivity contribution in [2.24, 2.45) is 0 Å². The zero-order valence-corrected chi connectivity index (χ0v) is 18.5. The SMILES string of the molecule is COc1cc[c-]c(-c2ncc(C)nc2C(C)C)c1.O=C(O)c1ccccn1.[Ir]. The Balaban J connectivity index is 0.000000332. The van der Waals surface area contributed by atoms with E-state index in [4.69, 9.17) is 9.84 Å². The molecule has 0 atom stereocenters. The average Bonchev–Trinajstić information content (AvgIpc) is 2.69. The van der Waals surface area contributed by atoms with Gasteiger partial charge in [0, 0.05) is 49.6 Å². The van der Waals surface area contributed by atoms with Crippen LogP contribution >= 0.6 is 0 Å². The van der Waals surface area contributed by atoms with Crippen LogP contribution in [-0.2, 0) is 20.1 Å². The summed E-state index contributed by atoms with van der Waals surface area (Å²) in [5.74, 6) is 0.142. The van der Waals surface area contributed by atoms with E-state index in [0.29, 0.717) is 5.92 Å². The molecule has 0 spiro atoms. The van der Waals surface area contributed by atoms with Crippen molar-refractivity contribution in [2.45, 2.75) is 26.7 Å². The fourth-order valence-corrected chi connectivity index (χ4v) is 2.30. The summed E-state index contributed by atoms with van der Waals surface area (Å²) in [5, 5.41) is 8.32. The van der Waals surface area contributed by atoms with Crippen LogP contribution in [0.1, 0.15) is 41.6 Å². The third-order valence-electron chi connectivity index (χ3n) is 3.61. The number of carboxylic acids is 1. The van der Waals surface area contributed by atoms with Crippen LogP contribution in [0.15, 0.2) is 48.8 Å². The van der Waals surface area contributed by atoms with E-state index in [1.54, 1.807) is 25.4 Å². The minimum atomic E-state index is -0.990. The predicted molar refractivity (Wildman–Crippen MR) is 103 cm³/mol. The molecule has 0 saturated carbocycles. The summed E-state index contributed by atoms with van der Waals surface area (Å²) in [4.78, 5) is 22.8. The van der Waals surface area contributed by atoms with Gasteiger partial charge in [0.15, 0.2) is 0 Å². The van der Waals surface area contributed by atoms with Crippen molar-refractivity contribution in [3.8, 4) is 17.0 Å². The standard InChI is InChI=1S/C15H17N2O.C6H5NO2.Ir/c1-10(2)14-15(16-9-11(3)17-14)12-6-5-7-13(8-12)18-4;8-6(9)5-3-1-2-4-7-5;/h5,7-10H,1-4H3;1-4H,(H,8,9);/q-1;;. The molecule has 6 nitrogen and oxygen atoms in total. The molecule has 149 valence electrons. The van der Waals surface area contributed by atoms with Crippen LogP contribution in [0.3, 0.4) is 0 Å². The van der Waals surface area contributed by atoms with E-state index < -0.39 is 5.97 Å². The van der Waals surface area contributed by atoms with Gasteiger partial charge in [-0.05, 0) is 25.0 Å². The van der Waals surface area contributed by atoms with Gasteiger partial charge in [-0.3, -0.25) is 4.98 Å². The number of benzene rings is 1. The molecule has 1 N–H and O–H groups in total. The van der Waals surface area contributed by atoms with Crippen LogP contribution in [0.25, 0.3) is 11.3 Å². The molecule has 3 aromatic rings. The van der Waals surface area contributed by atoms with Crippen molar-refractivity contribution >= 4 is 5.97 Å². The van der Waals surface area contributed by atoms with E-state index in [-0.39, 0.29) is 25.8 Å². The molecule has 1 radical (unpaired) electrons. The summed E-state index contributed by atoms with van der Waals surface area (Å²) < 4.78 is 5.23. The molecule has 0 amide bonds. The Bertz CT molecular complexity index is 902. The molecule has 0 aliphatic rings. The van der Waals surface area contributed by atoms with Gasteiger partial charge in [-0.15, -0.1) is 29.8 Å². The number of aryl methyl sites for hydroxylation is 1. The first-order valence-electron chi connectivity index (χ1n) is 8.46. The summed E-state index contributed by atoms with van der Waals surface area (Å²) in [6, 6.07) is 13.6. The summed E-state index contributed by atoms with van der Waals surface area (Å²) in [6.45, 7) is 6.19. The van der Waals surface area contributed by atoms with Crippen LogP contribution in [0.2, 0.25) is 0 Å². The zero-order valence-electron chi connectivity index (χ0n) is 16.1. The Morgan fingerprint density at radius 2 is 1.96 bits per heavy atom. The number of aromatic carboxylic acids is 1. The second-order valence-corrected chi connectivity index (χ2v) is 6.06. The topological polar surface area (TPSA) is 85.2 Å². The molecule has 2 aromatic heterocycles. The van der Waals surface area contributed by atoms with Crippen molar-refractivity contribution in [3.63, 3.8) is 0 Å². The molecule has 0 saturated heterocycles. The van der Waals surface area contributed by atoms with E-state index in [0.717, 1.165) is 28.4 Å². The Hall–Kier alpha value is -2.63. The fourth-order valence-electron chi connectivity index (χ4n) is 2.30. The number of hydrogen-bond acceptors (Lipinski definition) is 5. The van der Waals surface area contributed by atoms with Crippen molar-refractivity contribution < 1.29 is 34.7 Å². The van der Waals surface area contributed by atoms with E-state index in [9.17, 15) is 4.79 Å². The van der Waals surface area contributed by atoms with Gasteiger partial charge < -0.3 is 14.8 Å². The number of rotatable bonds is 4. The number of carbonyl (C=O) groups is 1. The number of methoxy groups -OCH3 is 1. The van der Waals surface area contributed by atoms with Gasteiger partial charge in [0.1, 0.15) is 5.69 Å². The normalized spacial score (nSPS) is 9.75. The second-order valence-electron chi connectivity index (χ2n) is 6.06.